The molecule has 2 aromatic rings. The molecule has 0 aliphatic heterocycles. The van der Waals surface area contributed by atoms with Gasteiger partial charge < -0.3 is 0 Å². The molecule has 0 unspecified atom stereocenters. The van der Waals surface area contributed by atoms with E-state index in [4.69, 9.17) is 0 Å². The molecule has 0 amide bonds. The minimum atomic E-state index is 0.676. The summed E-state index contributed by atoms with van der Waals surface area (Å²) in [7, 11) is 0. The highest BCUT2D eigenvalue weighted by molar-refractivity contribution is 5.73. The van der Waals surface area contributed by atoms with E-state index in [0.29, 0.717) is 5.92 Å². The maximum absolute atomic E-state index is 4.45. The van der Waals surface area contributed by atoms with Crippen LogP contribution in [-0.2, 0) is 0 Å². The number of hydrogen-bond donors (Lipinski definition) is 1. The summed E-state index contributed by atoms with van der Waals surface area (Å²) in [6.45, 7) is 4.08. The topological polar surface area (TPSA) is 41.6 Å². The first-order chi connectivity index (χ1) is 8.79. The Bertz CT molecular complexity index is 592. The van der Waals surface area contributed by atoms with Gasteiger partial charge in [-0.1, -0.05) is 12.2 Å². The lowest BCUT2D eigenvalue weighted by Gasteiger charge is -2.02. The van der Waals surface area contributed by atoms with Crippen molar-refractivity contribution in [1.29, 1.82) is 0 Å². The van der Waals surface area contributed by atoms with Gasteiger partial charge in [0.1, 0.15) is 0 Å². The van der Waals surface area contributed by atoms with E-state index in [0.717, 1.165) is 17.0 Å². The molecule has 1 fully saturated rings. The van der Waals surface area contributed by atoms with E-state index < -0.39 is 0 Å². The zero-order valence-electron chi connectivity index (χ0n) is 10.8. The average molecular weight is 239 g/mol. The zero-order chi connectivity index (χ0) is 12.5. The highest BCUT2D eigenvalue weighted by Crippen LogP contribution is 2.40. The molecule has 18 heavy (non-hydrogen) atoms. The Morgan fingerprint density at radius 1 is 1.39 bits per heavy atom. The number of rotatable bonds is 3. The molecule has 0 saturated heterocycles. The Labute approximate surface area is 107 Å². The number of nitrogens with zero attached hydrogens (tertiary/aromatic N) is 2. The smallest absolute Gasteiger partial charge is 0.0996 e. The SMILES string of the molecule is C/C=C\c1c(-c2ccnc(C3CC3)c2)n[nH]c1C. The standard InChI is InChI=1S/C15H17N3/c1-3-4-13-10(2)17-18-15(13)12-7-8-16-14(9-12)11-5-6-11/h3-4,7-9,11H,5-6H2,1-2H3,(H,17,18)/b4-3-. The summed E-state index contributed by atoms with van der Waals surface area (Å²) in [5.41, 5.74) is 5.66. The fourth-order valence-electron chi connectivity index (χ4n) is 2.23. The van der Waals surface area contributed by atoms with Crippen LogP contribution in [0.15, 0.2) is 24.4 Å². The van der Waals surface area contributed by atoms with Gasteiger partial charge in [0.2, 0.25) is 0 Å². The van der Waals surface area contributed by atoms with Crippen LogP contribution < -0.4 is 0 Å². The third-order valence-electron chi connectivity index (χ3n) is 3.38. The van der Waals surface area contributed by atoms with E-state index >= 15 is 0 Å². The van der Waals surface area contributed by atoms with Gasteiger partial charge in [0.05, 0.1) is 5.69 Å². The molecule has 3 rings (SSSR count). The largest absolute Gasteiger partial charge is 0.282 e. The molecule has 92 valence electrons. The monoisotopic (exact) mass is 239 g/mol. The number of H-pyrrole nitrogens is 1. The second-order valence-electron chi connectivity index (χ2n) is 4.85. The van der Waals surface area contributed by atoms with E-state index in [1.165, 1.54) is 24.1 Å². The summed E-state index contributed by atoms with van der Waals surface area (Å²) in [5.74, 6) is 0.676. The molecular formula is C15H17N3. The molecule has 3 nitrogen and oxygen atoms in total. The zero-order valence-corrected chi connectivity index (χ0v) is 10.8. The quantitative estimate of drug-likeness (QED) is 0.887. The Hall–Kier alpha value is -1.90. The van der Waals surface area contributed by atoms with Crippen molar-refractivity contribution in [1.82, 2.24) is 15.2 Å². The number of hydrogen-bond acceptors (Lipinski definition) is 2. The Morgan fingerprint density at radius 2 is 2.22 bits per heavy atom. The molecule has 0 bridgehead atoms. The van der Waals surface area contributed by atoms with Crippen molar-refractivity contribution in [3.05, 3.63) is 41.4 Å². The van der Waals surface area contributed by atoms with Gasteiger partial charge in [0.25, 0.3) is 0 Å². The molecule has 0 spiro atoms. The maximum atomic E-state index is 4.45. The Kier molecular flexibility index (Phi) is 2.74. The predicted octanol–water partition coefficient (Wildman–Crippen LogP) is 3.69. The summed E-state index contributed by atoms with van der Waals surface area (Å²) < 4.78 is 0. The minimum Gasteiger partial charge on any atom is -0.282 e. The summed E-state index contributed by atoms with van der Waals surface area (Å²) >= 11 is 0. The molecule has 1 saturated carbocycles. The third-order valence-corrected chi connectivity index (χ3v) is 3.38. The summed E-state index contributed by atoms with van der Waals surface area (Å²) in [6.07, 6.45) is 8.59. The van der Waals surface area contributed by atoms with Crippen LogP contribution >= 0.6 is 0 Å². The normalized spacial score (nSPS) is 15.4. The van der Waals surface area contributed by atoms with Crippen LogP contribution in [0.2, 0.25) is 0 Å². The number of aromatic nitrogens is 3. The number of pyridine rings is 1. The second-order valence-corrected chi connectivity index (χ2v) is 4.85. The first-order valence-corrected chi connectivity index (χ1v) is 6.43. The maximum Gasteiger partial charge on any atom is 0.0996 e. The van der Waals surface area contributed by atoms with Gasteiger partial charge in [-0.25, -0.2) is 0 Å². The van der Waals surface area contributed by atoms with E-state index in [-0.39, 0.29) is 0 Å². The van der Waals surface area contributed by atoms with Crippen LogP contribution in [0.3, 0.4) is 0 Å². The summed E-state index contributed by atoms with van der Waals surface area (Å²) in [6, 6.07) is 4.22. The summed E-state index contributed by atoms with van der Waals surface area (Å²) in [4.78, 5) is 4.45. The van der Waals surface area contributed by atoms with Crippen molar-refractivity contribution in [3.63, 3.8) is 0 Å². The predicted molar refractivity (Wildman–Crippen MR) is 73.2 cm³/mol. The fourth-order valence-corrected chi connectivity index (χ4v) is 2.23. The highest BCUT2D eigenvalue weighted by Gasteiger charge is 2.25. The van der Waals surface area contributed by atoms with Gasteiger partial charge in [0, 0.05) is 34.6 Å². The highest BCUT2D eigenvalue weighted by atomic mass is 15.1. The number of aryl methyl sites for hydroxylation is 1. The van der Waals surface area contributed by atoms with E-state index in [9.17, 15) is 0 Å². The van der Waals surface area contributed by atoms with Crippen LogP contribution in [0, 0.1) is 6.92 Å². The van der Waals surface area contributed by atoms with Crippen LogP contribution in [0.5, 0.6) is 0 Å². The van der Waals surface area contributed by atoms with Crippen LogP contribution in [0.1, 0.15) is 42.6 Å². The van der Waals surface area contributed by atoms with Gasteiger partial charge in [0.15, 0.2) is 0 Å². The van der Waals surface area contributed by atoms with E-state index in [1.54, 1.807) is 0 Å². The van der Waals surface area contributed by atoms with Crippen LogP contribution in [-0.4, -0.2) is 15.2 Å². The molecule has 0 atom stereocenters. The van der Waals surface area contributed by atoms with Crippen LogP contribution in [0.25, 0.3) is 17.3 Å². The second kappa shape index (κ2) is 4.41. The number of allylic oxidation sites excluding steroid dienone is 1. The van der Waals surface area contributed by atoms with Gasteiger partial charge in [-0.3, -0.25) is 10.1 Å². The molecular weight excluding hydrogens is 222 g/mol. The lowest BCUT2D eigenvalue weighted by molar-refractivity contribution is 1.02. The molecule has 3 heteroatoms. The van der Waals surface area contributed by atoms with Crippen LogP contribution in [0.4, 0.5) is 0 Å². The molecule has 0 radical (unpaired) electrons. The van der Waals surface area contributed by atoms with Gasteiger partial charge in [-0.05, 0) is 38.8 Å². The van der Waals surface area contributed by atoms with Crippen molar-refractivity contribution in [2.45, 2.75) is 32.6 Å². The Morgan fingerprint density at radius 3 is 2.94 bits per heavy atom. The number of aromatic amines is 1. The van der Waals surface area contributed by atoms with Gasteiger partial charge in [-0.2, -0.15) is 5.10 Å². The van der Waals surface area contributed by atoms with E-state index in [1.807, 2.05) is 25.3 Å². The molecule has 1 aliphatic carbocycles. The van der Waals surface area contributed by atoms with Crippen molar-refractivity contribution in [2.24, 2.45) is 0 Å². The van der Waals surface area contributed by atoms with Crippen molar-refractivity contribution < 1.29 is 0 Å². The van der Waals surface area contributed by atoms with Gasteiger partial charge >= 0.3 is 0 Å². The van der Waals surface area contributed by atoms with Crippen molar-refractivity contribution in [2.75, 3.05) is 0 Å². The summed E-state index contributed by atoms with van der Waals surface area (Å²) in [5, 5.41) is 7.48. The van der Waals surface area contributed by atoms with E-state index in [2.05, 4.69) is 34.2 Å². The van der Waals surface area contributed by atoms with Crippen molar-refractivity contribution >= 4 is 6.08 Å². The first kappa shape index (κ1) is 11.2. The molecule has 0 aromatic carbocycles. The Balaban J connectivity index is 2.06. The van der Waals surface area contributed by atoms with Gasteiger partial charge in [-0.15, -0.1) is 0 Å². The molecule has 2 heterocycles. The molecule has 2 aromatic heterocycles. The fraction of sp³-hybridized carbons (Fsp3) is 0.333. The molecule has 1 aliphatic rings. The lowest BCUT2D eigenvalue weighted by Crippen LogP contribution is -1.88. The minimum absolute atomic E-state index is 0.676. The first-order valence-electron chi connectivity index (χ1n) is 6.43. The number of nitrogens with one attached hydrogen (secondary N) is 1. The lowest BCUT2D eigenvalue weighted by atomic mass is 10.1. The average Bonchev–Trinajstić information content (AvgIpc) is 3.17. The molecule has 1 N–H and O–H groups in total. The third kappa shape index (κ3) is 1.96. The van der Waals surface area contributed by atoms with Crippen molar-refractivity contribution in [3.8, 4) is 11.3 Å².